The number of carbonyl (C=O) groups excluding carboxylic acids is 3. The maximum absolute atomic E-state index is 13.2. The minimum Gasteiger partial charge on any atom is -0.379 e. The molecule has 36 heavy (non-hydrogen) atoms. The van der Waals surface area contributed by atoms with Crippen molar-refractivity contribution in [3.63, 3.8) is 0 Å². The van der Waals surface area contributed by atoms with E-state index < -0.39 is 35.1 Å². The molecule has 3 amide bonds. The number of hydrogen-bond donors (Lipinski definition) is 4. The van der Waals surface area contributed by atoms with Gasteiger partial charge in [-0.3, -0.25) is 24.3 Å². The van der Waals surface area contributed by atoms with E-state index in [1.807, 2.05) is 6.92 Å². The van der Waals surface area contributed by atoms with Gasteiger partial charge in [0.1, 0.15) is 5.82 Å². The van der Waals surface area contributed by atoms with Gasteiger partial charge >= 0.3 is 0 Å². The topological polar surface area (TPSA) is 138 Å². The molecule has 2 aromatic rings. The van der Waals surface area contributed by atoms with Gasteiger partial charge in [0, 0.05) is 36.9 Å². The summed E-state index contributed by atoms with van der Waals surface area (Å²) in [4.78, 5) is 44.7. The lowest BCUT2D eigenvalue weighted by atomic mass is 9.82. The van der Waals surface area contributed by atoms with Crippen molar-refractivity contribution in [3.05, 3.63) is 65.5 Å². The number of amides is 3. The number of rotatable bonds is 8. The van der Waals surface area contributed by atoms with E-state index >= 15 is 0 Å². The van der Waals surface area contributed by atoms with Crippen LogP contribution in [0.5, 0.6) is 0 Å². The largest absolute Gasteiger partial charge is 0.379 e. The first-order chi connectivity index (χ1) is 17.3. The lowest BCUT2D eigenvalue weighted by molar-refractivity contribution is -0.132. The molecule has 0 bridgehead atoms. The molecule has 0 radical (unpaired) electrons. The molecule has 10 nitrogen and oxygen atoms in total. The molecule has 0 spiro atoms. The standard InChI is InChI=1S/C25H29FN6O4/c1-16(14-32-10-12-36-13-11-32)30-23(34)21-25(24(27)35,29-15-28-21)18-4-8-20(9-5-18)31-22(33)17-2-6-19(26)7-3-17/h2-9,15-16,21H,10-14H2,1H3,(H2,27,35)(H,28,29)(H,30,34)(H,31,33). The van der Waals surface area contributed by atoms with E-state index in [2.05, 4.69) is 25.8 Å². The number of carbonyl (C=O) groups is 3. The van der Waals surface area contributed by atoms with Gasteiger partial charge in [-0.15, -0.1) is 0 Å². The molecule has 190 valence electrons. The van der Waals surface area contributed by atoms with Crippen molar-refractivity contribution in [3.8, 4) is 0 Å². The van der Waals surface area contributed by atoms with Gasteiger partial charge in [0.05, 0.1) is 19.6 Å². The van der Waals surface area contributed by atoms with Crippen LogP contribution in [0.2, 0.25) is 0 Å². The Balaban J connectivity index is 1.46. The summed E-state index contributed by atoms with van der Waals surface area (Å²) in [5.41, 5.74) is 5.38. The summed E-state index contributed by atoms with van der Waals surface area (Å²) in [5.74, 6) is -2.04. The first kappa shape index (κ1) is 25.3. The summed E-state index contributed by atoms with van der Waals surface area (Å²) in [6.45, 7) is 5.43. The molecule has 2 aromatic carbocycles. The van der Waals surface area contributed by atoms with E-state index in [-0.39, 0.29) is 6.04 Å². The third-order valence-electron chi connectivity index (χ3n) is 6.29. The van der Waals surface area contributed by atoms with Crippen LogP contribution < -0.4 is 21.7 Å². The average Bonchev–Trinajstić information content (AvgIpc) is 3.32. The second-order valence-electron chi connectivity index (χ2n) is 8.86. The molecule has 3 atom stereocenters. The van der Waals surface area contributed by atoms with Crippen molar-refractivity contribution >= 4 is 29.7 Å². The van der Waals surface area contributed by atoms with Crippen LogP contribution in [0.3, 0.4) is 0 Å². The summed E-state index contributed by atoms with van der Waals surface area (Å²) in [6, 6.07) is 10.3. The van der Waals surface area contributed by atoms with Crippen molar-refractivity contribution in [1.29, 1.82) is 0 Å². The van der Waals surface area contributed by atoms with Crippen molar-refractivity contribution in [2.75, 3.05) is 38.2 Å². The Morgan fingerprint density at radius 3 is 2.47 bits per heavy atom. The molecule has 0 aliphatic carbocycles. The highest BCUT2D eigenvalue weighted by Gasteiger charge is 2.52. The van der Waals surface area contributed by atoms with E-state index in [1.165, 1.54) is 30.6 Å². The lowest BCUT2D eigenvalue weighted by Crippen LogP contribution is -2.61. The summed E-state index contributed by atoms with van der Waals surface area (Å²) in [7, 11) is 0. The molecule has 0 saturated carbocycles. The average molecular weight is 497 g/mol. The first-order valence-electron chi connectivity index (χ1n) is 11.7. The van der Waals surface area contributed by atoms with Crippen LogP contribution in [-0.4, -0.2) is 73.9 Å². The Kier molecular flexibility index (Phi) is 7.61. The minimum atomic E-state index is -1.58. The Bertz CT molecular complexity index is 1130. The maximum Gasteiger partial charge on any atom is 0.255 e. The Morgan fingerprint density at radius 1 is 1.17 bits per heavy atom. The normalized spacial score (nSPS) is 22.4. The molecular weight excluding hydrogens is 467 g/mol. The zero-order chi connectivity index (χ0) is 25.7. The van der Waals surface area contributed by atoms with Gasteiger partial charge in [-0.25, -0.2) is 4.39 Å². The summed E-state index contributed by atoms with van der Waals surface area (Å²) in [5, 5.41) is 8.54. The van der Waals surface area contributed by atoms with E-state index in [0.29, 0.717) is 36.6 Å². The number of nitrogens with two attached hydrogens (primary N) is 1. The quantitative estimate of drug-likeness (QED) is 0.422. The maximum atomic E-state index is 13.2. The van der Waals surface area contributed by atoms with Crippen molar-refractivity contribution < 1.29 is 23.5 Å². The van der Waals surface area contributed by atoms with E-state index in [1.54, 1.807) is 24.3 Å². The predicted octanol–water partition coefficient (Wildman–Crippen LogP) is 0.596. The second-order valence-corrected chi connectivity index (χ2v) is 8.86. The predicted molar refractivity (Wildman–Crippen MR) is 132 cm³/mol. The molecule has 5 N–H and O–H groups in total. The SMILES string of the molecule is CC(CN1CCOCC1)NC(=O)C1N=CNC1(C(N)=O)c1ccc(NC(=O)c2ccc(F)cc2)cc1. The monoisotopic (exact) mass is 496 g/mol. The van der Waals surface area contributed by atoms with Gasteiger partial charge in [0.2, 0.25) is 5.91 Å². The second kappa shape index (κ2) is 10.8. The molecule has 2 aliphatic heterocycles. The minimum absolute atomic E-state index is 0.180. The molecule has 2 aliphatic rings. The molecule has 3 unspecified atom stereocenters. The number of nitrogens with one attached hydrogen (secondary N) is 3. The van der Waals surface area contributed by atoms with Gasteiger partial charge in [0.25, 0.3) is 11.8 Å². The summed E-state index contributed by atoms with van der Waals surface area (Å²) in [6.07, 6.45) is 1.31. The van der Waals surface area contributed by atoms with Gasteiger partial charge < -0.3 is 26.4 Å². The summed E-state index contributed by atoms with van der Waals surface area (Å²) >= 11 is 0. The van der Waals surface area contributed by atoms with Crippen LogP contribution in [0.4, 0.5) is 10.1 Å². The van der Waals surface area contributed by atoms with Crippen LogP contribution in [0.25, 0.3) is 0 Å². The third kappa shape index (κ3) is 5.37. The van der Waals surface area contributed by atoms with Gasteiger partial charge in [0.15, 0.2) is 11.6 Å². The number of aliphatic imine (C=N–C) groups is 1. The number of ether oxygens (including phenoxy) is 1. The van der Waals surface area contributed by atoms with Crippen molar-refractivity contribution in [1.82, 2.24) is 15.5 Å². The smallest absolute Gasteiger partial charge is 0.255 e. The fraction of sp³-hybridized carbons (Fsp3) is 0.360. The number of hydrogen-bond acceptors (Lipinski definition) is 7. The van der Waals surface area contributed by atoms with Gasteiger partial charge in [-0.1, -0.05) is 12.1 Å². The Morgan fingerprint density at radius 2 is 1.83 bits per heavy atom. The van der Waals surface area contributed by atoms with Crippen LogP contribution >= 0.6 is 0 Å². The highest BCUT2D eigenvalue weighted by molar-refractivity contribution is 6.04. The van der Waals surface area contributed by atoms with E-state index in [0.717, 1.165) is 13.1 Å². The number of benzene rings is 2. The van der Waals surface area contributed by atoms with Crippen molar-refractivity contribution in [2.45, 2.75) is 24.5 Å². The van der Waals surface area contributed by atoms with E-state index in [4.69, 9.17) is 10.5 Å². The molecule has 1 fully saturated rings. The van der Waals surface area contributed by atoms with Crippen molar-refractivity contribution in [2.24, 2.45) is 10.7 Å². The molecular formula is C25H29FN6O4. The molecule has 0 aromatic heterocycles. The van der Waals surface area contributed by atoms with Crippen LogP contribution in [0.1, 0.15) is 22.8 Å². The number of morpholine rings is 1. The highest BCUT2D eigenvalue weighted by Crippen LogP contribution is 2.31. The number of nitrogens with zero attached hydrogens (tertiary/aromatic N) is 2. The van der Waals surface area contributed by atoms with Gasteiger partial charge in [-0.05, 0) is 48.9 Å². The molecule has 2 heterocycles. The zero-order valence-corrected chi connectivity index (χ0v) is 19.9. The number of primary amides is 1. The number of anilines is 1. The van der Waals surface area contributed by atoms with Gasteiger partial charge in [-0.2, -0.15) is 0 Å². The summed E-state index contributed by atoms with van der Waals surface area (Å²) < 4.78 is 18.5. The number of halogens is 1. The van der Waals surface area contributed by atoms with Crippen LogP contribution in [-0.2, 0) is 19.9 Å². The Hall–Kier alpha value is -3.83. The zero-order valence-electron chi connectivity index (χ0n) is 19.9. The molecule has 11 heteroatoms. The fourth-order valence-corrected chi connectivity index (χ4v) is 4.42. The van der Waals surface area contributed by atoms with Crippen LogP contribution in [0.15, 0.2) is 53.5 Å². The highest BCUT2D eigenvalue weighted by atomic mass is 19.1. The fourth-order valence-electron chi connectivity index (χ4n) is 4.42. The van der Waals surface area contributed by atoms with E-state index in [9.17, 15) is 18.8 Å². The molecule has 1 saturated heterocycles. The lowest BCUT2D eigenvalue weighted by Gasteiger charge is -2.33. The molecule has 4 rings (SSSR count). The van der Waals surface area contributed by atoms with Crippen LogP contribution in [0, 0.1) is 5.82 Å². The first-order valence-corrected chi connectivity index (χ1v) is 11.7. The third-order valence-corrected chi connectivity index (χ3v) is 6.29. The Labute approximate surface area is 208 Å².